The Morgan fingerprint density at radius 3 is 2.64 bits per heavy atom. The molecule has 0 atom stereocenters. The fourth-order valence-corrected chi connectivity index (χ4v) is 2.43. The number of halogens is 1. The van der Waals surface area contributed by atoms with Gasteiger partial charge in [0.2, 0.25) is 5.91 Å². The van der Waals surface area contributed by atoms with Gasteiger partial charge in [-0.3, -0.25) is 4.79 Å². The molecule has 0 saturated heterocycles. The van der Waals surface area contributed by atoms with Crippen molar-refractivity contribution >= 4 is 27.5 Å². The summed E-state index contributed by atoms with van der Waals surface area (Å²) in [5.74, 6) is 0.840. The Bertz CT molecular complexity index is 632. The molecule has 22 heavy (non-hydrogen) atoms. The van der Waals surface area contributed by atoms with E-state index < -0.39 is 0 Å². The zero-order valence-electron chi connectivity index (χ0n) is 12.4. The van der Waals surface area contributed by atoms with E-state index in [-0.39, 0.29) is 5.91 Å². The normalized spacial score (nSPS) is 10.3. The molecule has 0 aliphatic rings. The molecule has 0 unspecified atom stereocenters. The number of methoxy groups -OCH3 is 1. The monoisotopic (exact) mass is 362 g/mol. The molecule has 0 fully saturated rings. The fraction of sp³-hybridized carbons (Fsp3) is 0.235. The number of hydrogen-bond acceptors (Lipinski definition) is 3. The topological polar surface area (TPSA) is 50.4 Å². The Hall–Kier alpha value is -1.85. The molecule has 2 rings (SSSR count). The first-order valence-corrected chi connectivity index (χ1v) is 7.87. The van der Waals surface area contributed by atoms with Gasteiger partial charge in [0.1, 0.15) is 5.75 Å². The molecule has 0 saturated carbocycles. The molecular weight excluding hydrogens is 344 g/mol. The van der Waals surface area contributed by atoms with Crippen molar-refractivity contribution in [3.8, 4) is 5.75 Å². The number of amides is 1. The Labute approximate surface area is 139 Å². The van der Waals surface area contributed by atoms with Gasteiger partial charge in [-0.05, 0) is 34.1 Å². The molecule has 1 amide bonds. The van der Waals surface area contributed by atoms with Crippen molar-refractivity contribution in [1.29, 1.82) is 0 Å². The zero-order valence-corrected chi connectivity index (χ0v) is 14.0. The number of rotatable bonds is 7. The second kappa shape index (κ2) is 8.56. The highest BCUT2D eigenvalue weighted by Crippen LogP contribution is 2.21. The van der Waals surface area contributed by atoms with Crippen LogP contribution in [0, 0.1) is 0 Å². The molecule has 0 bridgehead atoms. The number of anilines is 1. The van der Waals surface area contributed by atoms with Crippen LogP contribution in [0.3, 0.4) is 0 Å². The minimum atomic E-state index is -0.0144. The predicted molar refractivity (Wildman–Crippen MR) is 92.1 cm³/mol. The Morgan fingerprint density at radius 2 is 1.86 bits per heavy atom. The van der Waals surface area contributed by atoms with Crippen LogP contribution in [0.15, 0.2) is 53.0 Å². The summed E-state index contributed by atoms with van der Waals surface area (Å²) in [6, 6.07) is 15.4. The molecule has 0 aromatic heterocycles. The van der Waals surface area contributed by atoms with Crippen LogP contribution >= 0.6 is 15.9 Å². The van der Waals surface area contributed by atoms with E-state index in [1.54, 1.807) is 7.11 Å². The van der Waals surface area contributed by atoms with Crippen LogP contribution in [0.5, 0.6) is 5.75 Å². The Kier molecular flexibility index (Phi) is 6.43. The van der Waals surface area contributed by atoms with E-state index in [1.165, 1.54) is 0 Å². The van der Waals surface area contributed by atoms with Crippen molar-refractivity contribution in [2.75, 3.05) is 19.0 Å². The van der Waals surface area contributed by atoms with Crippen molar-refractivity contribution in [3.63, 3.8) is 0 Å². The molecule has 4 nitrogen and oxygen atoms in total. The summed E-state index contributed by atoms with van der Waals surface area (Å²) < 4.78 is 6.17. The number of carbonyl (C=O) groups is 1. The number of para-hydroxylation sites is 2. The third kappa shape index (κ3) is 4.86. The van der Waals surface area contributed by atoms with Crippen LogP contribution in [-0.2, 0) is 11.3 Å². The van der Waals surface area contributed by atoms with Crippen LogP contribution in [0.25, 0.3) is 0 Å². The highest BCUT2D eigenvalue weighted by molar-refractivity contribution is 9.10. The molecule has 2 aromatic carbocycles. The molecule has 116 valence electrons. The van der Waals surface area contributed by atoms with Crippen molar-refractivity contribution in [3.05, 3.63) is 58.6 Å². The van der Waals surface area contributed by atoms with Crippen LogP contribution < -0.4 is 15.4 Å². The maximum Gasteiger partial charge on any atom is 0.225 e. The number of carbonyl (C=O) groups excluding carboxylic acids is 1. The smallest absolute Gasteiger partial charge is 0.225 e. The van der Waals surface area contributed by atoms with Crippen molar-refractivity contribution in [1.82, 2.24) is 5.32 Å². The summed E-state index contributed by atoms with van der Waals surface area (Å²) >= 11 is 3.41. The van der Waals surface area contributed by atoms with Crippen molar-refractivity contribution < 1.29 is 9.53 Å². The van der Waals surface area contributed by atoms with Crippen molar-refractivity contribution in [2.24, 2.45) is 0 Å². The van der Waals surface area contributed by atoms with Gasteiger partial charge >= 0.3 is 0 Å². The van der Waals surface area contributed by atoms with Gasteiger partial charge in [-0.2, -0.15) is 0 Å². The highest BCUT2D eigenvalue weighted by atomic mass is 79.9. The fourth-order valence-electron chi connectivity index (χ4n) is 2.05. The third-order valence-corrected chi connectivity index (χ3v) is 3.88. The lowest BCUT2D eigenvalue weighted by Crippen LogP contribution is -2.21. The summed E-state index contributed by atoms with van der Waals surface area (Å²) in [5.41, 5.74) is 1.87. The van der Waals surface area contributed by atoms with E-state index in [1.807, 2.05) is 48.5 Å². The quantitative estimate of drug-likeness (QED) is 0.740. The highest BCUT2D eigenvalue weighted by Gasteiger charge is 2.05. The summed E-state index contributed by atoms with van der Waals surface area (Å²) in [5, 5.41) is 6.14. The minimum absolute atomic E-state index is 0.0144. The number of hydrogen-bond donors (Lipinski definition) is 2. The lowest BCUT2D eigenvalue weighted by atomic mass is 10.2. The van der Waals surface area contributed by atoms with E-state index in [2.05, 4.69) is 26.6 Å². The summed E-state index contributed by atoms with van der Waals surface area (Å²) in [6.07, 6.45) is 0.413. The van der Waals surface area contributed by atoms with E-state index in [0.29, 0.717) is 19.5 Å². The molecule has 0 aliphatic carbocycles. The first-order chi connectivity index (χ1) is 10.7. The van der Waals surface area contributed by atoms with Gasteiger partial charge in [-0.1, -0.05) is 30.3 Å². The van der Waals surface area contributed by atoms with Gasteiger partial charge in [-0.25, -0.2) is 0 Å². The zero-order chi connectivity index (χ0) is 15.8. The lowest BCUT2D eigenvalue weighted by Gasteiger charge is -2.10. The van der Waals surface area contributed by atoms with Crippen LogP contribution in [-0.4, -0.2) is 19.6 Å². The Balaban J connectivity index is 1.75. The first kappa shape index (κ1) is 16.5. The van der Waals surface area contributed by atoms with E-state index in [4.69, 9.17) is 4.74 Å². The summed E-state index contributed by atoms with van der Waals surface area (Å²) in [4.78, 5) is 11.9. The van der Waals surface area contributed by atoms with E-state index in [0.717, 1.165) is 21.5 Å². The van der Waals surface area contributed by atoms with Gasteiger partial charge in [-0.15, -0.1) is 0 Å². The second-order valence-corrected chi connectivity index (χ2v) is 5.62. The van der Waals surface area contributed by atoms with Crippen LogP contribution in [0.2, 0.25) is 0 Å². The maximum atomic E-state index is 11.9. The maximum absolute atomic E-state index is 11.9. The molecule has 0 heterocycles. The van der Waals surface area contributed by atoms with Gasteiger partial charge in [0.15, 0.2) is 0 Å². The minimum Gasteiger partial charge on any atom is -0.496 e. The average Bonchev–Trinajstić information content (AvgIpc) is 2.54. The Morgan fingerprint density at radius 1 is 1.14 bits per heavy atom. The largest absolute Gasteiger partial charge is 0.496 e. The second-order valence-electron chi connectivity index (χ2n) is 4.77. The third-order valence-electron chi connectivity index (χ3n) is 3.18. The lowest BCUT2D eigenvalue weighted by molar-refractivity contribution is -0.116. The molecule has 0 radical (unpaired) electrons. The molecule has 2 N–H and O–H groups in total. The summed E-state index contributed by atoms with van der Waals surface area (Å²) in [6.45, 7) is 1.28. The van der Waals surface area contributed by atoms with Crippen molar-refractivity contribution in [2.45, 2.75) is 13.0 Å². The number of ether oxygens (including phenoxy) is 1. The van der Waals surface area contributed by atoms with Crippen LogP contribution in [0.4, 0.5) is 5.69 Å². The first-order valence-electron chi connectivity index (χ1n) is 7.07. The van der Waals surface area contributed by atoms with E-state index in [9.17, 15) is 4.79 Å². The molecule has 2 aromatic rings. The SMILES string of the molecule is COc1ccccc1CNCCC(=O)Nc1ccccc1Br. The number of nitrogens with one attached hydrogen (secondary N) is 2. The molecule has 0 aliphatic heterocycles. The average molecular weight is 363 g/mol. The predicted octanol–water partition coefficient (Wildman–Crippen LogP) is 3.58. The van der Waals surface area contributed by atoms with Gasteiger partial charge < -0.3 is 15.4 Å². The van der Waals surface area contributed by atoms with E-state index >= 15 is 0 Å². The number of benzene rings is 2. The van der Waals surface area contributed by atoms with Gasteiger partial charge in [0.25, 0.3) is 0 Å². The summed E-state index contributed by atoms with van der Waals surface area (Å²) in [7, 11) is 1.66. The molecular formula is C17H19BrN2O2. The van der Waals surface area contributed by atoms with Gasteiger partial charge in [0.05, 0.1) is 12.8 Å². The molecule has 5 heteroatoms. The molecule has 0 spiro atoms. The van der Waals surface area contributed by atoms with Crippen LogP contribution in [0.1, 0.15) is 12.0 Å². The standard InChI is InChI=1S/C17H19BrN2O2/c1-22-16-9-5-2-6-13(16)12-19-11-10-17(21)20-15-8-4-3-7-14(15)18/h2-9,19H,10-12H2,1H3,(H,20,21). The van der Waals surface area contributed by atoms with Gasteiger partial charge in [0, 0.05) is 29.5 Å².